The van der Waals surface area contributed by atoms with Gasteiger partial charge in [0.05, 0.1) is 6.61 Å². The van der Waals surface area contributed by atoms with Crippen LogP contribution in [0.15, 0.2) is 121 Å². The molecule has 2 heteroatoms. The molecule has 4 aromatic carbocycles. The van der Waals surface area contributed by atoms with Gasteiger partial charge >= 0.3 is 0 Å². The molecule has 1 saturated heterocycles. The molecule has 1 heterocycles. The SMILES string of the molecule is OCC1(c2ccccc2)CCN(CCCC(c2ccccc2)(c2ccccc2)c2ccccc2)CC1. The smallest absolute Gasteiger partial charge is 0.0528 e. The average Bonchev–Trinajstić information content (AvgIpc) is 2.98. The van der Waals surface area contributed by atoms with Crippen molar-refractivity contribution in [2.24, 2.45) is 0 Å². The minimum Gasteiger partial charge on any atom is -0.395 e. The maximum absolute atomic E-state index is 10.3. The number of hydrogen-bond acceptors (Lipinski definition) is 2. The quantitative estimate of drug-likeness (QED) is 0.268. The van der Waals surface area contributed by atoms with E-state index >= 15 is 0 Å². The lowest BCUT2D eigenvalue weighted by molar-refractivity contribution is 0.0995. The number of nitrogens with zero attached hydrogens (tertiary/aromatic N) is 1. The molecule has 0 unspecified atom stereocenters. The van der Waals surface area contributed by atoms with Crippen molar-refractivity contribution in [3.8, 4) is 0 Å². The van der Waals surface area contributed by atoms with E-state index in [1.165, 1.54) is 22.3 Å². The van der Waals surface area contributed by atoms with Gasteiger partial charge < -0.3 is 10.0 Å². The van der Waals surface area contributed by atoms with Crippen LogP contribution in [0.25, 0.3) is 0 Å². The largest absolute Gasteiger partial charge is 0.395 e. The number of aliphatic hydroxyl groups is 1. The molecule has 0 aliphatic carbocycles. The van der Waals surface area contributed by atoms with E-state index in [-0.39, 0.29) is 17.4 Å². The topological polar surface area (TPSA) is 23.5 Å². The van der Waals surface area contributed by atoms with Crippen molar-refractivity contribution in [3.63, 3.8) is 0 Å². The fourth-order valence-electron chi connectivity index (χ4n) is 6.20. The van der Waals surface area contributed by atoms with E-state index in [1.807, 2.05) is 0 Å². The first-order chi connectivity index (χ1) is 17.8. The van der Waals surface area contributed by atoms with E-state index in [4.69, 9.17) is 0 Å². The molecule has 5 rings (SSSR count). The Labute approximate surface area is 216 Å². The molecule has 0 atom stereocenters. The lowest BCUT2D eigenvalue weighted by Gasteiger charge is -2.42. The van der Waals surface area contributed by atoms with Gasteiger partial charge in [0.2, 0.25) is 0 Å². The van der Waals surface area contributed by atoms with E-state index in [0.29, 0.717) is 0 Å². The Morgan fingerprint density at radius 3 is 1.44 bits per heavy atom. The zero-order valence-electron chi connectivity index (χ0n) is 21.1. The Balaban J connectivity index is 1.36. The number of hydrogen-bond donors (Lipinski definition) is 1. The summed E-state index contributed by atoms with van der Waals surface area (Å²) in [7, 11) is 0. The van der Waals surface area contributed by atoms with Crippen molar-refractivity contribution in [2.75, 3.05) is 26.2 Å². The number of piperidine rings is 1. The monoisotopic (exact) mass is 475 g/mol. The number of aliphatic hydroxyl groups excluding tert-OH is 1. The summed E-state index contributed by atoms with van der Waals surface area (Å²) in [5.41, 5.74) is 5.06. The lowest BCUT2D eigenvalue weighted by Crippen LogP contribution is -2.45. The zero-order chi connectivity index (χ0) is 24.7. The highest BCUT2D eigenvalue weighted by molar-refractivity contribution is 5.50. The lowest BCUT2D eigenvalue weighted by atomic mass is 9.66. The van der Waals surface area contributed by atoms with E-state index in [1.54, 1.807) is 0 Å². The van der Waals surface area contributed by atoms with E-state index in [2.05, 4.69) is 126 Å². The normalized spacial score (nSPS) is 16.0. The Morgan fingerprint density at radius 1 is 0.611 bits per heavy atom. The van der Waals surface area contributed by atoms with Gasteiger partial charge in [0.1, 0.15) is 0 Å². The molecule has 4 aromatic rings. The molecule has 0 amide bonds. The van der Waals surface area contributed by atoms with Crippen LogP contribution in [0.2, 0.25) is 0 Å². The van der Waals surface area contributed by atoms with Gasteiger partial charge in [0.15, 0.2) is 0 Å². The van der Waals surface area contributed by atoms with Crippen LogP contribution < -0.4 is 0 Å². The molecule has 2 nitrogen and oxygen atoms in total. The standard InChI is InChI=1S/C34H37NO/c36-28-33(29-14-5-1-6-15-29)23-26-35(27-24-33)25-13-22-34(30-16-7-2-8-17-30,31-18-9-3-10-19-31)32-20-11-4-12-21-32/h1-12,14-21,36H,13,22-28H2. The Bertz CT molecular complexity index is 1090. The summed E-state index contributed by atoms with van der Waals surface area (Å²) in [4.78, 5) is 2.60. The van der Waals surface area contributed by atoms with Crippen LogP contribution in [-0.4, -0.2) is 36.2 Å². The minimum atomic E-state index is -0.182. The van der Waals surface area contributed by atoms with E-state index in [9.17, 15) is 5.11 Å². The summed E-state index contributed by atoms with van der Waals surface area (Å²) in [6, 6.07) is 43.7. The van der Waals surface area contributed by atoms with Crippen LogP contribution in [0.1, 0.15) is 47.9 Å². The summed E-state index contributed by atoms with van der Waals surface area (Å²) in [5.74, 6) is 0. The maximum Gasteiger partial charge on any atom is 0.0528 e. The molecule has 0 spiro atoms. The van der Waals surface area contributed by atoms with Crippen LogP contribution in [0, 0.1) is 0 Å². The van der Waals surface area contributed by atoms with Gasteiger partial charge in [-0.25, -0.2) is 0 Å². The molecule has 1 aliphatic rings. The molecule has 0 aromatic heterocycles. The van der Waals surface area contributed by atoms with Crippen molar-refractivity contribution in [3.05, 3.63) is 144 Å². The van der Waals surface area contributed by atoms with Gasteiger partial charge in [-0.2, -0.15) is 0 Å². The van der Waals surface area contributed by atoms with E-state index < -0.39 is 0 Å². The van der Waals surface area contributed by atoms with Gasteiger partial charge in [-0.05, 0) is 67.6 Å². The number of benzene rings is 4. The third-order valence-corrected chi connectivity index (χ3v) is 8.33. The van der Waals surface area contributed by atoms with Gasteiger partial charge in [-0.3, -0.25) is 0 Å². The Hall–Kier alpha value is -3.20. The summed E-state index contributed by atoms with van der Waals surface area (Å²) in [6.45, 7) is 3.36. The predicted octanol–water partition coefficient (Wildman–Crippen LogP) is 6.83. The molecular formula is C34H37NO. The number of rotatable bonds is 9. The van der Waals surface area contributed by atoms with Crippen molar-refractivity contribution >= 4 is 0 Å². The molecule has 36 heavy (non-hydrogen) atoms. The van der Waals surface area contributed by atoms with Gasteiger partial charge in [0, 0.05) is 10.8 Å². The van der Waals surface area contributed by atoms with Gasteiger partial charge in [0.25, 0.3) is 0 Å². The molecule has 0 saturated carbocycles. The average molecular weight is 476 g/mol. The summed E-state index contributed by atoms with van der Waals surface area (Å²) in [5, 5.41) is 10.3. The predicted molar refractivity (Wildman–Crippen MR) is 149 cm³/mol. The molecule has 1 fully saturated rings. The van der Waals surface area contributed by atoms with Gasteiger partial charge in [-0.15, -0.1) is 0 Å². The third-order valence-electron chi connectivity index (χ3n) is 8.33. The zero-order valence-corrected chi connectivity index (χ0v) is 21.1. The van der Waals surface area contributed by atoms with Crippen LogP contribution in [0.4, 0.5) is 0 Å². The Morgan fingerprint density at radius 2 is 1.03 bits per heavy atom. The summed E-state index contributed by atoms with van der Waals surface area (Å²) < 4.78 is 0. The van der Waals surface area contributed by atoms with Crippen molar-refractivity contribution in [1.82, 2.24) is 4.90 Å². The van der Waals surface area contributed by atoms with Crippen molar-refractivity contribution < 1.29 is 5.11 Å². The van der Waals surface area contributed by atoms with Crippen molar-refractivity contribution in [1.29, 1.82) is 0 Å². The van der Waals surface area contributed by atoms with E-state index in [0.717, 1.165) is 45.3 Å². The first-order valence-corrected chi connectivity index (χ1v) is 13.3. The second-order valence-electron chi connectivity index (χ2n) is 10.3. The second-order valence-corrected chi connectivity index (χ2v) is 10.3. The van der Waals surface area contributed by atoms with Gasteiger partial charge in [-0.1, -0.05) is 121 Å². The highest BCUT2D eigenvalue weighted by Gasteiger charge is 2.37. The molecule has 1 N–H and O–H groups in total. The summed E-state index contributed by atoms with van der Waals surface area (Å²) in [6.07, 6.45) is 4.17. The van der Waals surface area contributed by atoms with Crippen LogP contribution in [0.3, 0.4) is 0 Å². The fraction of sp³-hybridized carbons (Fsp3) is 0.294. The fourth-order valence-corrected chi connectivity index (χ4v) is 6.20. The minimum absolute atomic E-state index is 0.0976. The van der Waals surface area contributed by atoms with Crippen LogP contribution >= 0.6 is 0 Å². The van der Waals surface area contributed by atoms with Crippen LogP contribution in [0.5, 0.6) is 0 Å². The highest BCUT2D eigenvalue weighted by atomic mass is 16.3. The molecular weight excluding hydrogens is 438 g/mol. The molecule has 0 radical (unpaired) electrons. The first-order valence-electron chi connectivity index (χ1n) is 13.3. The second kappa shape index (κ2) is 11.2. The maximum atomic E-state index is 10.3. The molecule has 1 aliphatic heterocycles. The molecule has 184 valence electrons. The van der Waals surface area contributed by atoms with Crippen LogP contribution in [-0.2, 0) is 10.8 Å². The molecule has 0 bridgehead atoms. The number of likely N-dealkylation sites (tertiary alicyclic amines) is 1. The summed E-state index contributed by atoms with van der Waals surface area (Å²) >= 11 is 0. The highest BCUT2D eigenvalue weighted by Crippen LogP contribution is 2.43. The first kappa shape index (κ1) is 24.5. The van der Waals surface area contributed by atoms with Crippen molar-refractivity contribution in [2.45, 2.75) is 36.5 Å². The third kappa shape index (κ3) is 4.89. The Kier molecular flexibility index (Phi) is 7.65.